The van der Waals surface area contributed by atoms with Gasteiger partial charge in [-0.1, -0.05) is 29.3 Å². The van der Waals surface area contributed by atoms with Crippen LogP contribution >= 0.6 is 23.2 Å². The van der Waals surface area contributed by atoms with Crippen LogP contribution in [0.2, 0.25) is 10.0 Å². The van der Waals surface area contributed by atoms with Gasteiger partial charge in [0.1, 0.15) is 0 Å². The van der Waals surface area contributed by atoms with E-state index >= 15 is 0 Å². The van der Waals surface area contributed by atoms with Gasteiger partial charge >= 0.3 is 0 Å². The highest BCUT2D eigenvalue weighted by Gasteiger charge is 2.04. The van der Waals surface area contributed by atoms with Crippen LogP contribution in [0.25, 0.3) is 0 Å². The van der Waals surface area contributed by atoms with Gasteiger partial charge in [0.15, 0.2) is 0 Å². The zero-order valence-corrected chi connectivity index (χ0v) is 10.9. The van der Waals surface area contributed by atoms with Crippen LogP contribution in [0.5, 0.6) is 0 Å². The van der Waals surface area contributed by atoms with Crippen molar-refractivity contribution in [3.63, 3.8) is 0 Å². The van der Waals surface area contributed by atoms with Crippen molar-refractivity contribution in [2.75, 3.05) is 0 Å². The summed E-state index contributed by atoms with van der Waals surface area (Å²) in [6.07, 6.45) is 3.42. The molecule has 0 radical (unpaired) electrons. The summed E-state index contributed by atoms with van der Waals surface area (Å²) in [5.74, 6) is 0. The maximum Gasteiger partial charge on any atom is 0.0776 e. The molecule has 0 fully saturated rings. The van der Waals surface area contributed by atoms with Crippen LogP contribution in [0.4, 0.5) is 0 Å². The summed E-state index contributed by atoms with van der Waals surface area (Å²) in [5.41, 5.74) is 1.98. The van der Waals surface area contributed by atoms with Crippen molar-refractivity contribution in [3.8, 4) is 0 Å². The van der Waals surface area contributed by atoms with Gasteiger partial charge in [-0.2, -0.15) is 0 Å². The van der Waals surface area contributed by atoms with Gasteiger partial charge in [-0.05, 0) is 36.2 Å². The molecule has 1 aromatic heterocycles. The molecule has 1 aromatic carbocycles. The quantitative estimate of drug-likeness (QED) is 0.899. The van der Waals surface area contributed by atoms with Crippen molar-refractivity contribution in [1.29, 1.82) is 0 Å². The summed E-state index contributed by atoms with van der Waals surface area (Å²) in [7, 11) is 0. The number of benzene rings is 1. The lowest BCUT2D eigenvalue weighted by Gasteiger charge is -2.05. The highest BCUT2D eigenvalue weighted by atomic mass is 35.5. The van der Waals surface area contributed by atoms with Gasteiger partial charge in [0.05, 0.1) is 16.1 Å². The standard InChI is InChI=1S/C13H13Cl2NO/c1-9(17)11-4-5-16(8-11)7-10-2-3-12(14)13(15)6-10/h2-6,8-9,17H,7H2,1H3. The van der Waals surface area contributed by atoms with Gasteiger partial charge < -0.3 is 9.67 Å². The molecule has 0 saturated heterocycles. The van der Waals surface area contributed by atoms with Crippen LogP contribution < -0.4 is 0 Å². The van der Waals surface area contributed by atoms with Gasteiger partial charge in [-0.15, -0.1) is 0 Å². The van der Waals surface area contributed by atoms with E-state index in [-0.39, 0.29) is 0 Å². The second-order valence-electron chi connectivity index (χ2n) is 4.04. The molecular formula is C13H13Cl2NO. The molecule has 0 bridgehead atoms. The summed E-state index contributed by atoms with van der Waals surface area (Å²) < 4.78 is 2.00. The Morgan fingerprint density at radius 1 is 1.24 bits per heavy atom. The average molecular weight is 270 g/mol. The zero-order chi connectivity index (χ0) is 12.4. The van der Waals surface area contributed by atoms with Crippen LogP contribution in [-0.4, -0.2) is 9.67 Å². The smallest absolute Gasteiger partial charge is 0.0776 e. The van der Waals surface area contributed by atoms with Crippen LogP contribution in [0.3, 0.4) is 0 Å². The molecule has 2 nitrogen and oxygen atoms in total. The normalized spacial score (nSPS) is 12.7. The molecule has 0 aliphatic rings. The lowest BCUT2D eigenvalue weighted by Crippen LogP contribution is -1.96. The highest BCUT2D eigenvalue weighted by molar-refractivity contribution is 6.42. The Bertz CT molecular complexity index is 520. The first-order valence-electron chi connectivity index (χ1n) is 5.34. The zero-order valence-electron chi connectivity index (χ0n) is 9.40. The second kappa shape index (κ2) is 5.13. The number of rotatable bonds is 3. The van der Waals surface area contributed by atoms with Gasteiger partial charge in [-0.3, -0.25) is 0 Å². The molecule has 17 heavy (non-hydrogen) atoms. The SMILES string of the molecule is CC(O)c1ccn(Cc2ccc(Cl)c(Cl)c2)c1. The first-order chi connectivity index (χ1) is 8.06. The predicted octanol–water partition coefficient (Wildman–Crippen LogP) is 3.90. The lowest BCUT2D eigenvalue weighted by atomic mass is 10.2. The Labute approximate surface area is 110 Å². The Kier molecular flexibility index (Phi) is 3.77. The van der Waals surface area contributed by atoms with Crippen molar-refractivity contribution in [2.45, 2.75) is 19.6 Å². The van der Waals surface area contributed by atoms with Crippen molar-refractivity contribution in [1.82, 2.24) is 4.57 Å². The minimum Gasteiger partial charge on any atom is -0.389 e. The maximum absolute atomic E-state index is 9.43. The van der Waals surface area contributed by atoms with Crippen LogP contribution in [0, 0.1) is 0 Å². The number of hydrogen-bond acceptors (Lipinski definition) is 1. The molecule has 2 aromatic rings. The Balaban J connectivity index is 2.16. The molecule has 1 heterocycles. The summed E-state index contributed by atoms with van der Waals surface area (Å²) in [5, 5.41) is 10.6. The van der Waals surface area contributed by atoms with E-state index in [1.165, 1.54) is 0 Å². The van der Waals surface area contributed by atoms with Crippen molar-refractivity contribution >= 4 is 23.2 Å². The molecule has 1 N–H and O–H groups in total. The minimum absolute atomic E-state index is 0.440. The van der Waals surface area contributed by atoms with E-state index in [1.54, 1.807) is 13.0 Å². The van der Waals surface area contributed by atoms with Gasteiger partial charge in [-0.25, -0.2) is 0 Å². The third-order valence-electron chi connectivity index (χ3n) is 2.60. The molecule has 0 aliphatic carbocycles. The molecule has 0 saturated carbocycles. The molecule has 0 aliphatic heterocycles. The maximum atomic E-state index is 9.43. The van der Waals surface area contributed by atoms with Crippen molar-refractivity contribution in [3.05, 3.63) is 57.8 Å². The molecule has 1 unspecified atom stereocenters. The van der Waals surface area contributed by atoms with Crippen LogP contribution in [0.15, 0.2) is 36.7 Å². The molecule has 90 valence electrons. The number of aliphatic hydroxyl groups excluding tert-OH is 1. The van der Waals surface area contributed by atoms with E-state index < -0.39 is 6.10 Å². The average Bonchev–Trinajstić information content (AvgIpc) is 2.72. The molecule has 2 rings (SSSR count). The van der Waals surface area contributed by atoms with Crippen molar-refractivity contribution < 1.29 is 5.11 Å². The fourth-order valence-electron chi connectivity index (χ4n) is 1.65. The summed E-state index contributed by atoms with van der Waals surface area (Å²) in [6.45, 7) is 2.46. The second-order valence-corrected chi connectivity index (χ2v) is 4.86. The Morgan fingerprint density at radius 3 is 2.59 bits per heavy atom. The Hall–Kier alpha value is -0.960. The van der Waals surface area contributed by atoms with E-state index in [9.17, 15) is 5.11 Å². The van der Waals surface area contributed by atoms with E-state index in [4.69, 9.17) is 23.2 Å². The fourth-order valence-corrected chi connectivity index (χ4v) is 1.97. The van der Waals surface area contributed by atoms with E-state index in [1.807, 2.05) is 35.2 Å². The number of hydrogen-bond donors (Lipinski definition) is 1. The fraction of sp³-hybridized carbons (Fsp3) is 0.231. The third-order valence-corrected chi connectivity index (χ3v) is 3.34. The molecule has 4 heteroatoms. The number of aromatic nitrogens is 1. The molecule has 0 amide bonds. The predicted molar refractivity (Wildman–Crippen MR) is 70.6 cm³/mol. The lowest BCUT2D eigenvalue weighted by molar-refractivity contribution is 0.199. The van der Waals surface area contributed by atoms with Gasteiger partial charge in [0.2, 0.25) is 0 Å². The first kappa shape index (κ1) is 12.5. The molecular weight excluding hydrogens is 257 g/mol. The van der Waals surface area contributed by atoms with Gasteiger partial charge in [0, 0.05) is 18.9 Å². The van der Waals surface area contributed by atoms with E-state index in [2.05, 4.69) is 0 Å². The monoisotopic (exact) mass is 269 g/mol. The number of halogens is 2. The largest absolute Gasteiger partial charge is 0.389 e. The van der Waals surface area contributed by atoms with E-state index in [0.717, 1.165) is 11.1 Å². The summed E-state index contributed by atoms with van der Waals surface area (Å²) in [6, 6.07) is 7.49. The number of aliphatic hydroxyl groups is 1. The Morgan fingerprint density at radius 2 is 2.00 bits per heavy atom. The molecule has 0 spiro atoms. The number of nitrogens with zero attached hydrogens (tertiary/aromatic N) is 1. The molecule has 1 atom stereocenters. The summed E-state index contributed by atoms with van der Waals surface area (Å²) >= 11 is 11.8. The van der Waals surface area contributed by atoms with Crippen molar-refractivity contribution in [2.24, 2.45) is 0 Å². The van der Waals surface area contributed by atoms with E-state index in [0.29, 0.717) is 16.6 Å². The summed E-state index contributed by atoms with van der Waals surface area (Å²) in [4.78, 5) is 0. The third kappa shape index (κ3) is 3.03. The minimum atomic E-state index is -0.440. The van der Waals surface area contributed by atoms with Crippen LogP contribution in [-0.2, 0) is 6.54 Å². The first-order valence-corrected chi connectivity index (χ1v) is 6.09. The topological polar surface area (TPSA) is 25.2 Å². The van der Waals surface area contributed by atoms with Crippen LogP contribution in [0.1, 0.15) is 24.2 Å². The van der Waals surface area contributed by atoms with Gasteiger partial charge in [0.25, 0.3) is 0 Å². The highest BCUT2D eigenvalue weighted by Crippen LogP contribution is 2.23.